The largest absolute Gasteiger partial charge is 0.480 e. The van der Waals surface area contributed by atoms with E-state index in [-0.39, 0.29) is 24.6 Å². The number of hydrogen-bond acceptors (Lipinski definition) is 7. The van der Waals surface area contributed by atoms with Gasteiger partial charge in [0.2, 0.25) is 11.7 Å². The Morgan fingerprint density at radius 2 is 2.12 bits per heavy atom. The van der Waals surface area contributed by atoms with Crippen molar-refractivity contribution in [2.45, 2.75) is 25.4 Å². The summed E-state index contributed by atoms with van der Waals surface area (Å²) < 4.78 is 5.16. The fourth-order valence-corrected chi connectivity index (χ4v) is 2.64. The number of benzene rings is 1. The highest BCUT2D eigenvalue weighted by atomic mass is 35.5. The van der Waals surface area contributed by atoms with Gasteiger partial charge in [0, 0.05) is 17.7 Å². The average Bonchev–Trinajstić information content (AvgIpc) is 3.17. The van der Waals surface area contributed by atoms with E-state index in [0.717, 1.165) is 6.42 Å². The number of carboxylic acids is 1. The molecular weight excluding hydrogens is 340 g/mol. The van der Waals surface area contributed by atoms with E-state index < -0.39 is 16.9 Å². The lowest BCUT2D eigenvalue weighted by atomic mass is 10.2. The van der Waals surface area contributed by atoms with Gasteiger partial charge in [-0.15, -0.1) is 12.4 Å². The number of likely N-dealkylation sites (tertiary alicyclic amines) is 1. The van der Waals surface area contributed by atoms with Crippen molar-refractivity contribution in [2.75, 3.05) is 6.54 Å². The fourth-order valence-electron chi connectivity index (χ4n) is 2.64. The SMILES string of the molecule is Cl.O=C(O)C1CCCN1Cc1nc(-c2ccc([N+](=O)[O-])cc2)no1. The highest BCUT2D eigenvalue weighted by Crippen LogP contribution is 2.22. The molecule has 0 spiro atoms. The Kier molecular flexibility index (Phi) is 5.47. The van der Waals surface area contributed by atoms with Gasteiger partial charge in [0.1, 0.15) is 6.04 Å². The van der Waals surface area contributed by atoms with Crippen molar-refractivity contribution in [1.29, 1.82) is 0 Å². The molecule has 0 bridgehead atoms. The summed E-state index contributed by atoms with van der Waals surface area (Å²) in [6.07, 6.45) is 1.43. The number of nitrogens with zero attached hydrogens (tertiary/aromatic N) is 4. The number of hydrogen-bond donors (Lipinski definition) is 1. The zero-order valence-electron chi connectivity index (χ0n) is 12.5. The Balaban J connectivity index is 0.00000208. The first-order valence-electron chi connectivity index (χ1n) is 7.09. The van der Waals surface area contributed by atoms with Crippen molar-refractivity contribution in [2.24, 2.45) is 0 Å². The zero-order valence-corrected chi connectivity index (χ0v) is 13.3. The van der Waals surface area contributed by atoms with Crippen molar-refractivity contribution in [3.8, 4) is 11.4 Å². The first kappa shape index (κ1) is 17.8. The Labute approximate surface area is 142 Å². The Morgan fingerprint density at radius 3 is 2.75 bits per heavy atom. The van der Waals surface area contributed by atoms with E-state index in [0.29, 0.717) is 30.2 Å². The van der Waals surface area contributed by atoms with Crippen LogP contribution in [0.15, 0.2) is 28.8 Å². The minimum absolute atomic E-state index is 0. The molecule has 1 unspecified atom stereocenters. The van der Waals surface area contributed by atoms with Crippen LogP contribution in [0.3, 0.4) is 0 Å². The van der Waals surface area contributed by atoms with Gasteiger partial charge in [0.15, 0.2) is 0 Å². The quantitative estimate of drug-likeness (QED) is 0.639. The molecule has 1 aliphatic heterocycles. The molecule has 1 N–H and O–H groups in total. The Morgan fingerprint density at radius 1 is 1.42 bits per heavy atom. The van der Waals surface area contributed by atoms with Crippen LogP contribution in [0.1, 0.15) is 18.7 Å². The van der Waals surface area contributed by atoms with Crippen LogP contribution in [0.4, 0.5) is 5.69 Å². The first-order valence-corrected chi connectivity index (χ1v) is 7.09. The molecule has 10 heteroatoms. The summed E-state index contributed by atoms with van der Waals surface area (Å²) in [6, 6.07) is 5.30. The molecule has 1 aromatic heterocycles. The Hall–Kier alpha value is -2.52. The van der Waals surface area contributed by atoms with Crippen LogP contribution in [-0.2, 0) is 11.3 Å². The van der Waals surface area contributed by atoms with Crippen molar-refractivity contribution < 1.29 is 19.3 Å². The van der Waals surface area contributed by atoms with Gasteiger partial charge in [-0.3, -0.25) is 19.8 Å². The lowest BCUT2D eigenvalue weighted by molar-refractivity contribution is -0.384. The van der Waals surface area contributed by atoms with Gasteiger partial charge >= 0.3 is 5.97 Å². The van der Waals surface area contributed by atoms with Crippen LogP contribution in [0, 0.1) is 10.1 Å². The van der Waals surface area contributed by atoms with E-state index in [1.165, 1.54) is 12.1 Å². The highest BCUT2D eigenvalue weighted by Gasteiger charge is 2.31. The molecule has 1 aliphatic rings. The zero-order chi connectivity index (χ0) is 16.4. The molecule has 0 saturated carbocycles. The smallest absolute Gasteiger partial charge is 0.320 e. The number of rotatable bonds is 5. The number of carboxylic acid groups (broad SMARTS) is 1. The van der Waals surface area contributed by atoms with Crippen molar-refractivity contribution >= 4 is 24.1 Å². The third-order valence-corrected chi connectivity index (χ3v) is 3.79. The van der Waals surface area contributed by atoms with Crippen LogP contribution in [-0.4, -0.2) is 43.6 Å². The average molecular weight is 355 g/mol. The monoisotopic (exact) mass is 354 g/mol. The van der Waals surface area contributed by atoms with Gasteiger partial charge in [-0.25, -0.2) is 0 Å². The molecular formula is C14H15ClN4O5. The molecule has 24 heavy (non-hydrogen) atoms. The van der Waals surface area contributed by atoms with Crippen LogP contribution >= 0.6 is 12.4 Å². The summed E-state index contributed by atoms with van der Waals surface area (Å²) in [5, 5.41) is 23.6. The number of aliphatic carboxylic acids is 1. The van der Waals surface area contributed by atoms with Crippen LogP contribution in [0.2, 0.25) is 0 Å². The number of halogens is 1. The van der Waals surface area contributed by atoms with Gasteiger partial charge in [-0.2, -0.15) is 4.98 Å². The minimum atomic E-state index is -0.849. The standard InChI is InChI=1S/C14H14N4O5.ClH/c19-14(20)11-2-1-7-17(11)8-12-15-13(16-23-12)9-3-5-10(6-4-9)18(21)22;/h3-6,11H,1-2,7-8H2,(H,19,20);1H. The molecule has 3 rings (SSSR count). The predicted octanol–water partition coefficient (Wildman–Crippen LogP) is 2.12. The van der Waals surface area contributed by atoms with Crippen LogP contribution in [0.5, 0.6) is 0 Å². The van der Waals surface area contributed by atoms with E-state index in [4.69, 9.17) is 9.63 Å². The maximum absolute atomic E-state index is 11.2. The maximum atomic E-state index is 11.2. The molecule has 1 aromatic carbocycles. The molecule has 0 amide bonds. The van der Waals surface area contributed by atoms with Crippen molar-refractivity contribution in [3.63, 3.8) is 0 Å². The van der Waals surface area contributed by atoms with E-state index >= 15 is 0 Å². The second-order valence-electron chi connectivity index (χ2n) is 5.28. The molecule has 0 aliphatic carbocycles. The summed E-state index contributed by atoms with van der Waals surface area (Å²) in [4.78, 5) is 27.3. The third kappa shape index (κ3) is 3.69. The summed E-state index contributed by atoms with van der Waals surface area (Å²) in [5.41, 5.74) is 0.584. The normalized spacial score (nSPS) is 17.4. The van der Waals surface area contributed by atoms with Gasteiger partial charge in [0.05, 0.1) is 11.5 Å². The second-order valence-corrected chi connectivity index (χ2v) is 5.28. The summed E-state index contributed by atoms with van der Waals surface area (Å²) >= 11 is 0. The van der Waals surface area contributed by atoms with Crippen LogP contribution < -0.4 is 0 Å². The minimum Gasteiger partial charge on any atom is -0.480 e. The molecule has 0 radical (unpaired) electrons. The predicted molar refractivity (Wildman–Crippen MR) is 84.7 cm³/mol. The molecule has 1 atom stereocenters. The number of nitro benzene ring substituents is 1. The Bertz CT molecular complexity index is 733. The van der Waals surface area contributed by atoms with E-state index in [9.17, 15) is 14.9 Å². The summed E-state index contributed by atoms with van der Waals surface area (Å²) in [6.45, 7) is 0.948. The summed E-state index contributed by atoms with van der Waals surface area (Å²) in [5.74, 6) is -0.204. The fraction of sp³-hybridized carbons (Fsp3) is 0.357. The van der Waals surface area contributed by atoms with Gasteiger partial charge < -0.3 is 9.63 Å². The second kappa shape index (κ2) is 7.37. The number of aromatic nitrogens is 2. The molecule has 128 valence electrons. The molecule has 2 aromatic rings. The lowest BCUT2D eigenvalue weighted by Crippen LogP contribution is -2.35. The van der Waals surface area contributed by atoms with E-state index in [1.54, 1.807) is 17.0 Å². The highest BCUT2D eigenvalue weighted by molar-refractivity contribution is 5.85. The van der Waals surface area contributed by atoms with Gasteiger partial charge in [-0.1, -0.05) is 5.16 Å². The van der Waals surface area contributed by atoms with E-state index in [1.807, 2.05) is 0 Å². The summed E-state index contributed by atoms with van der Waals surface area (Å²) in [7, 11) is 0. The van der Waals surface area contributed by atoms with Crippen molar-refractivity contribution in [1.82, 2.24) is 15.0 Å². The van der Waals surface area contributed by atoms with E-state index in [2.05, 4.69) is 10.1 Å². The van der Waals surface area contributed by atoms with Gasteiger partial charge in [-0.05, 0) is 31.5 Å². The van der Waals surface area contributed by atoms with Gasteiger partial charge in [0.25, 0.3) is 5.69 Å². The first-order chi connectivity index (χ1) is 11.0. The molecule has 9 nitrogen and oxygen atoms in total. The van der Waals surface area contributed by atoms with Crippen molar-refractivity contribution in [3.05, 3.63) is 40.3 Å². The number of non-ortho nitro benzene ring substituents is 1. The molecule has 1 fully saturated rings. The molecule has 2 heterocycles. The topological polar surface area (TPSA) is 123 Å². The lowest BCUT2D eigenvalue weighted by Gasteiger charge is -2.18. The number of carbonyl (C=O) groups is 1. The maximum Gasteiger partial charge on any atom is 0.320 e. The molecule has 1 saturated heterocycles. The van der Waals surface area contributed by atoms with Crippen LogP contribution in [0.25, 0.3) is 11.4 Å². The third-order valence-electron chi connectivity index (χ3n) is 3.79. The number of nitro groups is 1.